The van der Waals surface area contributed by atoms with Gasteiger partial charge >= 0.3 is 0 Å². The van der Waals surface area contributed by atoms with Crippen molar-refractivity contribution in [3.63, 3.8) is 0 Å². The van der Waals surface area contributed by atoms with Crippen LogP contribution in [0.5, 0.6) is 0 Å². The summed E-state index contributed by atoms with van der Waals surface area (Å²) in [6, 6.07) is 3.63. The Labute approximate surface area is 125 Å². The minimum Gasteiger partial charge on any atom is -0.393 e. The molecule has 0 bridgehead atoms. The summed E-state index contributed by atoms with van der Waals surface area (Å²) in [4.78, 5) is 14.3. The number of likely N-dealkylation sites (tertiary alicyclic amines) is 1. The highest BCUT2D eigenvalue weighted by Crippen LogP contribution is 2.10. The molecule has 2 rings (SSSR count). The van der Waals surface area contributed by atoms with E-state index in [2.05, 4.69) is 10.2 Å². The van der Waals surface area contributed by atoms with Crippen molar-refractivity contribution in [1.29, 1.82) is 5.26 Å². The summed E-state index contributed by atoms with van der Waals surface area (Å²) in [7, 11) is 1.76. The molecule has 1 amide bonds. The first-order valence-electron chi connectivity index (χ1n) is 7.35. The first-order chi connectivity index (χ1) is 10.1. The van der Waals surface area contributed by atoms with Crippen molar-refractivity contribution in [2.24, 2.45) is 7.05 Å². The number of nitriles is 1. The first kappa shape index (κ1) is 15.5. The van der Waals surface area contributed by atoms with Crippen molar-refractivity contribution in [1.82, 2.24) is 14.8 Å². The minimum atomic E-state index is -0.146. The molecule has 0 aliphatic carbocycles. The molecule has 0 spiro atoms. The van der Waals surface area contributed by atoms with Crippen molar-refractivity contribution in [2.45, 2.75) is 25.4 Å². The normalized spacial score (nSPS) is 16.6. The van der Waals surface area contributed by atoms with Gasteiger partial charge in [0.05, 0.1) is 11.7 Å². The molecule has 1 saturated heterocycles. The predicted molar refractivity (Wildman–Crippen MR) is 78.8 cm³/mol. The Kier molecular flexibility index (Phi) is 5.37. The maximum absolute atomic E-state index is 12.0. The molecular formula is C15H22N4O2. The third-order valence-electron chi connectivity index (χ3n) is 3.86. The second-order valence-electron chi connectivity index (χ2n) is 5.52. The van der Waals surface area contributed by atoms with E-state index in [1.165, 1.54) is 0 Å². The number of nitrogens with zero attached hydrogens (tertiary/aromatic N) is 3. The topological polar surface area (TPSA) is 81.3 Å². The highest BCUT2D eigenvalue weighted by molar-refractivity contribution is 5.93. The van der Waals surface area contributed by atoms with Crippen molar-refractivity contribution in [3.05, 3.63) is 23.5 Å². The lowest BCUT2D eigenvalue weighted by molar-refractivity contribution is 0.0816. The zero-order chi connectivity index (χ0) is 15.2. The summed E-state index contributed by atoms with van der Waals surface area (Å²) in [6.45, 7) is 3.41. The largest absolute Gasteiger partial charge is 0.393 e. The number of aryl methyl sites for hydroxylation is 1. The van der Waals surface area contributed by atoms with Gasteiger partial charge in [-0.05, 0) is 31.9 Å². The van der Waals surface area contributed by atoms with Crippen LogP contribution < -0.4 is 5.32 Å². The number of hydrogen-bond acceptors (Lipinski definition) is 4. The van der Waals surface area contributed by atoms with E-state index < -0.39 is 0 Å². The number of carbonyl (C=O) groups excluding carboxylic acids is 1. The number of aliphatic hydroxyl groups is 1. The van der Waals surface area contributed by atoms with Crippen LogP contribution in [0.4, 0.5) is 0 Å². The van der Waals surface area contributed by atoms with E-state index in [0.29, 0.717) is 17.8 Å². The lowest BCUT2D eigenvalue weighted by atomic mass is 10.1. The summed E-state index contributed by atoms with van der Waals surface area (Å²) in [5.74, 6) is -0.145. The Bertz CT molecular complexity index is 524. The summed E-state index contributed by atoms with van der Waals surface area (Å²) < 4.78 is 1.67. The molecule has 2 heterocycles. The summed E-state index contributed by atoms with van der Waals surface area (Å²) >= 11 is 0. The van der Waals surface area contributed by atoms with Gasteiger partial charge in [-0.1, -0.05) is 0 Å². The van der Waals surface area contributed by atoms with Gasteiger partial charge < -0.3 is 19.9 Å². The van der Waals surface area contributed by atoms with Crippen LogP contribution in [0.3, 0.4) is 0 Å². The fourth-order valence-corrected chi connectivity index (χ4v) is 2.59. The Morgan fingerprint density at radius 2 is 2.24 bits per heavy atom. The van der Waals surface area contributed by atoms with Gasteiger partial charge in [0.1, 0.15) is 11.8 Å². The van der Waals surface area contributed by atoms with Gasteiger partial charge in [-0.15, -0.1) is 0 Å². The molecule has 0 unspecified atom stereocenters. The third kappa shape index (κ3) is 4.31. The van der Waals surface area contributed by atoms with E-state index in [4.69, 9.17) is 5.26 Å². The van der Waals surface area contributed by atoms with Gasteiger partial charge in [-0.2, -0.15) is 5.26 Å². The molecule has 1 fully saturated rings. The van der Waals surface area contributed by atoms with Gasteiger partial charge in [0, 0.05) is 32.9 Å². The number of aliphatic hydroxyl groups excluding tert-OH is 1. The van der Waals surface area contributed by atoms with Crippen LogP contribution >= 0.6 is 0 Å². The number of nitrogens with one attached hydrogen (secondary N) is 1. The third-order valence-corrected chi connectivity index (χ3v) is 3.86. The van der Waals surface area contributed by atoms with Crippen molar-refractivity contribution >= 4 is 5.91 Å². The van der Waals surface area contributed by atoms with Crippen LogP contribution in [0.15, 0.2) is 12.3 Å². The number of carbonyl (C=O) groups is 1. The summed E-state index contributed by atoms with van der Waals surface area (Å²) in [5, 5.41) is 21.1. The Morgan fingerprint density at radius 1 is 1.52 bits per heavy atom. The Hall–Kier alpha value is -1.84. The molecule has 114 valence electrons. The van der Waals surface area contributed by atoms with Crippen molar-refractivity contribution in [2.75, 3.05) is 26.2 Å². The van der Waals surface area contributed by atoms with E-state index in [1.54, 1.807) is 23.9 Å². The molecule has 1 aliphatic rings. The standard InChI is InChI=1S/C15H22N4O2/c1-18-11-12(10-16)9-14(18)15(21)17-5-2-6-19-7-3-13(20)4-8-19/h9,11,13,20H,2-8H2,1H3,(H,17,21). The first-order valence-corrected chi connectivity index (χ1v) is 7.35. The van der Waals surface area contributed by atoms with Crippen LogP contribution in [-0.4, -0.2) is 52.8 Å². The second-order valence-corrected chi connectivity index (χ2v) is 5.52. The van der Waals surface area contributed by atoms with Crippen LogP contribution in [0.1, 0.15) is 35.3 Å². The van der Waals surface area contributed by atoms with E-state index in [1.807, 2.05) is 6.07 Å². The molecule has 0 aromatic carbocycles. The van der Waals surface area contributed by atoms with Crippen LogP contribution in [-0.2, 0) is 7.05 Å². The molecule has 1 aromatic heterocycles. The number of aromatic nitrogens is 1. The predicted octanol–water partition coefficient (Wildman–Crippen LogP) is 0.473. The van der Waals surface area contributed by atoms with Crippen LogP contribution in [0.2, 0.25) is 0 Å². The minimum absolute atomic E-state index is 0.145. The molecule has 2 N–H and O–H groups in total. The lowest BCUT2D eigenvalue weighted by Crippen LogP contribution is -2.37. The quantitative estimate of drug-likeness (QED) is 0.773. The molecular weight excluding hydrogens is 268 g/mol. The monoisotopic (exact) mass is 290 g/mol. The molecule has 1 aliphatic heterocycles. The average Bonchev–Trinajstić information content (AvgIpc) is 2.86. The molecule has 21 heavy (non-hydrogen) atoms. The van der Waals surface area contributed by atoms with Gasteiger partial charge in [0.2, 0.25) is 0 Å². The van der Waals surface area contributed by atoms with E-state index >= 15 is 0 Å². The summed E-state index contributed by atoms with van der Waals surface area (Å²) in [6.07, 6.45) is 4.07. The van der Waals surface area contributed by atoms with Gasteiger partial charge in [0.15, 0.2) is 0 Å². The maximum atomic E-state index is 12.0. The molecule has 0 saturated carbocycles. The zero-order valence-electron chi connectivity index (χ0n) is 12.4. The highest BCUT2D eigenvalue weighted by Gasteiger charge is 2.16. The van der Waals surface area contributed by atoms with Crippen LogP contribution in [0.25, 0.3) is 0 Å². The van der Waals surface area contributed by atoms with Gasteiger partial charge in [-0.25, -0.2) is 0 Å². The zero-order valence-corrected chi connectivity index (χ0v) is 12.4. The fraction of sp³-hybridized carbons (Fsp3) is 0.600. The fourth-order valence-electron chi connectivity index (χ4n) is 2.59. The van der Waals surface area contributed by atoms with Crippen LogP contribution in [0, 0.1) is 11.3 Å². The molecule has 1 aromatic rings. The van der Waals surface area contributed by atoms with E-state index in [-0.39, 0.29) is 12.0 Å². The maximum Gasteiger partial charge on any atom is 0.267 e. The average molecular weight is 290 g/mol. The Morgan fingerprint density at radius 3 is 2.86 bits per heavy atom. The SMILES string of the molecule is Cn1cc(C#N)cc1C(=O)NCCCN1CCC(O)CC1. The molecule has 6 heteroatoms. The van der Waals surface area contributed by atoms with Crippen molar-refractivity contribution < 1.29 is 9.90 Å². The number of piperidine rings is 1. The Balaban J connectivity index is 1.70. The highest BCUT2D eigenvalue weighted by atomic mass is 16.3. The van der Waals surface area contributed by atoms with E-state index in [9.17, 15) is 9.90 Å². The van der Waals surface area contributed by atoms with Gasteiger partial charge in [-0.3, -0.25) is 4.79 Å². The molecule has 6 nitrogen and oxygen atoms in total. The lowest BCUT2D eigenvalue weighted by Gasteiger charge is -2.29. The summed E-state index contributed by atoms with van der Waals surface area (Å²) in [5.41, 5.74) is 1.00. The number of rotatable bonds is 5. The number of hydrogen-bond donors (Lipinski definition) is 2. The van der Waals surface area contributed by atoms with Crippen molar-refractivity contribution in [3.8, 4) is 6.07 Å². The van der Waals surface area contributed by atoms with E-state index in [0.717, 1.165) is 38.9 Å². The molecule has 0 atom stereocenters. The number of amides is 1. The molecule has 0 radical (unpaired) electrons. The van der Waals surface area contributed by atoms with Gasteiger partial charge in [0.25, 0.3) is 5.91 Å². The smallest absolute Gasteiger partial charge is 0.267 e. The second kappa shape index (κ2) is 7.25.